The quantitative estimate of drug-likeness (QED) is 0.846. The van der Waals surface area contributed by atoms with Gasteiger partial charge in [-0.2, -0.15) is 0 Å². The van der Waals surface area contributed by atoms with Crippen LogP contribution in [-0.4, -0.2) is 31.0 Å². The summed E-state index contributed by atoms with van der Waals surface area (Å²) in [6.45, 7) is 1.28. The number of ether oxygens (including phenoxy) is 1. The van der Waals surface area contributed by atoms with Gasteiger partial charge in [-0.15, -0.1) is 13.2 Å². The zero-order chi connectivity index (χ0) is 13.2. The van der Waals surface area contributed by atoms with Crippen LogP contribution in [0.4, 0.5) is 18.9 Å². The van der Waals surface area contributed by atoms with Crippen LogP contribution in [0.1, 0.15) is 11.1 Å². The van der Waals surface area contributed by atoms with Gasteiger partial charge in [-0.25, -0.2) is 0 Å². The Morgan fingerprint density at radius 3 is 2.83 bits per heavy atom. The smallest absolute Gasteiger partial charge is 0.398 e. The molecule has 2 N–H and O–H groups in total. The van der Waals surface area contributed by atoms with Crippen LogP contribution in [0.5, 0.6) is 0 Å². The highest BCUT2D eigenvalue weighted by molar-refractivity contribution is 5.51. The van der Waals surface area contributed by atoms with Crippen molar-refractivity contribution in [2.75, 3.05) is 25.4 Å². The minimum atomic E-state index is -4.54. The summed E-state index contributed by atoms with van der Waals surface area (Å²) in [5.41, 5.74) is 8.82. The van der Waals surface area contributed by atoms with Crippen LogP contribution >= 0.6 is 0 Å². The van der Waals surface area contributed by atoms with E-state index in [0.29, 0.717) is 13.1 Å². The monoisotopic (exact) mass is 260 g/mol. The van der Waals surface area contributed by atoms with Gasteiger partial charge in [0.1, 0.15) is 0 Å². The van der Waals surface area contributed by atoms with E-state index < -0.39 is 6.36 Å². The lowest BCUT2D eigenvalue weighted by Crippen LogP contribution is -2.34. The molecule has 0 aromatic heterocycles. The average Bonchev–Trinajstić information content (AvgIpc) is 2.27. The molecule has 0 aliphatic carbocycles. The normalized spacial score (nSPS) is 16.6. The molecule has 3 nitrogen and oxygen atoms in total. The predicted molar refractivity (Wildman–Crippen MR) is 61.8 cm³/mol. The number of nitrogen functional groups attached to an aromatic ring is 1. The lowest BCUT2D eigenvalue weighted by atomic mass is 9.98. The van der Waals surface area contributed by atoms with E-state index in [0.717, 1.165) is 23.2 Å². The fraction of sp³-hybridized carbons (Fsp3) is 0.500. The molecule has 18 heavy (non-hydrogen) atoms. The molecule has 100 valence electrons. The standard InChI is InChI=1S/C12H15F3N2O/c13-12(14,15)18-7-6-17-5-4-10-9(8-17)2-1-3-11(10)16/h1-3H,4-8,16H2. The Morgan fingerprint density at radius 2 is 2.11 bits per heavy atom. The third-order valence-corrected chi connectivity index (χ3v) is 3.05. The Kier molecular flexibility index (Phi) is 3.77. The second-order valence-electron chi connectivity index (χ2n) is 4.31. The largest absolute Gasteiger partial charge is 0.522 e. The van der Waals surface area contributed by atoms with Gasteiger partial charge in [-0.05, 0) is 23.6 Å². The summed E-state index contributed by atoms with van der Waals surface area (Å²) in [7, 11) is 0. The van der Waals surface area contributed by atoms with Gasteiger partial charge in [0.25, 0.3) is 0 Å². The Hall–Kier alpha value is -1.27. The lowest BCUT2D eigenvalue weighted by Gasteiger charge is -2.29. The van der Waals surface area contributed by atoms with Gasteiger partial charge in [0.15, 0.2) is 0 Å². The zero-order valence-electron chi connectivity index (χ0n) is 9.83. The summed E-state index contributed by atoms with van der Waals surface area (Å²) >= 11 is 0. The van der Waals surface area contributed by atoms with Crippen LogP contribution < -0.4 is 5.73 Å². The van der Waals surface area contributed by atoms with Gasteiger partial charge in [-0.1, -0.05) is 12.1 Å². The maximum Gasteiger partial charge on any atom is 0.522 e. The highest BCUT2D eigenvalue weighted by Crippen LogP contribution is 2.24. The Bertz CT molecular complexity index is 420. The van der Waals surface area contributed by atoms with Crippen LogP contribution in [0.2, 0.25) is 0 Å². The molecule has 1 aliphatic heterocycles. The number of fused-ring (bicyclic) bond motifs is 1. The van der Waals surface area contributed by atoms with Crippen molar-refractivity contribution in [2.45, 2.75) is 19.3 Å². The van der Waals surface area contributed by atoms with E-state index >= 15 is 0 Å². The molecule has 1 aromatic carbocycles. The number of anilines is 1. The molecule has 0 saturated heterocycles. The van der Waals surface area contributed by atoms with Gasteiger partial charge in [0, 0.05) is 25.3 Å². The molecule has 0 bridgehead atoms. The molecule has 0 spiro atoms. The van der Waals surface area contributed by atoms with Crippen molar-refractivity contribution in [1.29, 1.82) is 0 Å². The molecule has 0 amide bonds. The first-order chi connectivity index (χ1) is 8.46. The molecule has 0 radical (unpaired) electrons. The number of benzene rings is 1. The number of halogens is 3. The van der Waals surface area contributed by atoms with Crippen LogP contribution in [0.15, 0.2) is 18.2 Å². The number of rotatable bonds is 3. The summed E-state index contributed by atoms with van der Waals surface area (Å²) in [5, 5.41) is 0. The molecule has 0 atom stereocenters. The summed E-state index contributed by atoms with van der Waals surface area (Å²) < 4.78 is 39.3. The van der Waals surface area contributed by atoms with Crippen molar-refractivity contribution in [3.05, 3.63) is 29.3 Å². The predicted octanol–water partition coefficient (Wildman–Crippen LogP) is 2.16. The maximum atomic E-state index is 11.8. The third kappa shape index (κ3) is 3.36. The SMILES string of the molecule is Nc1cccc2c1CCN(CCOC(F)(F)F)C2. The first kappa shape index (κ1) is 13.2. The van der Waals surface area contributed by atoms with Gasteiger partial charge < -0.3 is 5.73 Å². The lowest BCUT2D eigenvalue weighted by molar-refractivity contribution is -0.325. The van der Waals surface area contributed by atoms with Crippen molar-refractivity contribution in [2.24, 2.45) is 0 Å². The molecule has 0 fully saturated rings. The molecule has 6 heteroatoms. The minimum Gasteiger partial charge on any atom is -0.398 e. The van der Waals surface area contributed by atoms with E-state index in [2.05, 4.69) is 4.74 Å². The van der Waals surface area contributed by atoms with Crippen LogP contribution in [0.3, 0.4) is 0 Å². The van der Waals surface area contributed by atoms with E-state index in [4.69, 9.17) is 5.73 Å². The Balaban J connectivity index is 1.89. The fourth-order valence-corrected chi connectivity index (χ4v) is 2.18. The number of hydrogen-bond donors (Lipinski definition) is 1. The topological polar surface area (TPSA) is 38.5 Å². The molecule has 2 rings (SSSR count). The summed E-state index contributed by atoms with van der Waals surface area (Å²) in [6, 6.07) is 5.67. The Labute approximate surface area is 103 Å². The van der Waals surface area contributed by atoms with E-state index in [9.17, 15) is 13.2 Å². The number of alkyl halides is 3. The Morgan fingerprint density at radius 1 is 1.33 bits per heavy atom. The molecular weight excluding hydrogens is 245 g/mol. The van der Waals surface area contributed by atoms with Gasteiger partial charge in [0.05, 0.1) is 6.61 Å². The summed E-state index contributed by atoms with van der Waals surface area (Å²) in [6.07, 6.45) is -3.77. The van der Waals surface area contributed by atoms with Crippen LogP contribution in [-0.2, 0) is 17.7 Å². The molecule has 0 saturated carbocycles. The summed E-state index contributed by atoms with van der Waals surface area (Å²) in [4.78, 5) is 1.94. The van der Waals surface area contributed by atoms with Crippen molar-refractivity contribution in [1.82, 2.24) is 4.90 Å². The zero-order valence-corrected chi connectivity index (χ0v) is 9.83. The average molecular weight is 260 g/mol. The number of nitrogens with zero attached hydrogens (tertiary/aromatic N) is 1. The van der Waals surface area contributed by atoms with Crippen LogP contribution in [0.25, 0.3) is 0 Å². The van der Waals surface area contributed by atoms with Crippen molar-refractivity contribution < 1.29 is 17.9 Å². The summed E-state index contributed by atoms with van der Waals surface area (Å²) in [5.74, 6) is 0. The van der Waals surface area contributed by atoms with Crippen LogP contribution in [0, 0.1) is 0 Å². The second kappa shape index (κ2) is 5.16. The first-order valence-electron chi connectivity index (χ1n) is 5.75. The number of nitrogens with two attached hydrogens (primary N) is 1. The highest BCUT2D eigenvalue weighted by Gasteiger charge is 2.29. The van der Waals surface area contributed by atoms with Gasteiger partial charge in [0.2, 0.25) is 0 Å². The third-order valence-electron chi connectivity index (χ3n) is 3.05. The molecule has 1 aliphatic rings. The highest BCUT2D eigenvalue weighted by atomic mass is 19.4. The first-order valence-corrected chi connectivity index (χ1v) is 5.75. The van der Waals surface area contributed by atoms with Crippen molar-refractivity contribution in [3.63, 3.8) is 0 Å². The van der Waals surface area contributed by atoms with Gasteiger partial charge in [-0.3, -0.25) is 9.64 Å². The van der Waals surface area contributed by atoms with Crippen molar-refractivity contribution >= 4 is 5.69 Å². The van der Waals surface area contributed by atoms with E-state index in [1.165, 1.54) is 0 Å². The number of hydrogen-bond acceptors (Lipinski definition) is 3. The minimum absolute atomic E-state index is 0.272. The maximum absolute atomic E-state index is 11.8. The van der Waals surface area contributed by atoms with Crippen molar-refractivity contribution in [3.8, 4) is 0 Å². The molecule has 1 aromatic rings. The molecule has 1 heterocycles. The van der Waals surface area contributed by atoms with E-state index in [-0.39, 0.29) is 13.2 Å². The van der Waals surface area contributed by atoms with E-state index in [1.807, 2.05) is 23.1 Å². The molecule has 0 unspecified atom stereocenters. The van der Waals surface area contributed by atoms with Gasteiger partial charge >= 0.3 is 6.36 Å². The van der Waals surface area contributed by atoms with E-state index in [1.54, 1.807) is 0 Å². The molecular formula is C12H15F3N2O. The second-order valence-corrected chi connectivity index (χ2v) is 4.31. The fourth-order valence-electron chi connectivity index (χ4n) is 2.18.